The van der Waals surface area contributed by atoms with Crippen LogP contribution in [0.2, 0.25) is 5.02 Å². The minimum atomic E-state index is -2.90. The van der Waals surface area contributed by atoms with Gasteiger partial charge in [-0.3, -0.25) is 9.80 Å². The summed E-state index contributed by atoms with van der Waals surface area (Å²) in [5.41, 5.74) is 0.992. The predicted octanol–water partition coefficient (Wildman–Crippen LogP) is 1.64. The molecular formula is C14H20ClFN2O2S. The molecule has 1 saturated heterocycles. The zero-order chi connectivity index (χ0) is 15.5. The van der Waals surface area contributed by atoms with Crippen molar-refractivity contribution < 1.29 is 12.8 Å². The molecule has 0 aliphatic carbocycles. The molecule has 7 heteroatoms. The van der Waals surface area contributed by atoms with Crippen LogP contribution in [-0.4, -0.2) is 63.0 Å². The largest absolute Gasteiger partial charge is 0.300 e. The molecule has 1 aromatic rings. The standard InChI is InChI=1S/C14H20ClFN2O2S/c1-21(19,20)9-8-17-4-6-18(7-5-17)11-12-2-3-14(16)13(15)10-12/h2-3,10H,4-9,11H2,1H3. The van der Waals surface area contributed by atoms with Crippen LogP contribution in [-0.2, 0) is 16.4 Å². The summed E-state index contributed by atoms with van der Waals surface area (Å²) in [5.74, 6) is -0.188. The molecule has 0 amide bonds. The molecule has 0 atom stereocenters. The Balaban J connectivity index is 1.80. The van der Waals surface area contributed by atoms with E-state index in [-0.39, 0.29) is 10.8 Å². The number of halogens is 2. The highest BCUT2D eigenvalue weighted by molar-refractivity contribution is 7.90. The van der Waals surface area contributed by atoms with Gasteiger partial charge in [-0.1, -0.05) is 17.7 Å². The lowest BCUT2D eigenvalue weighted by molar-refractivity contribution is 0.132. The molecule has 0 aromatic heterocycles. The van der Waals surface area contributed by atoms with Crippen molar-refractivity contribution in [1.82, 2.24) is 9.80 Å². The summed E-state index contributed by atoms with van der Waals surface area (Å²) >= 11 is 5.78. The van der Waals surface area contributed by atoms with Gasteiger partial charge in [0, 0.05) is 45.5 Å². The van der Waals surface area contributed by atoms with Gasteiger partial charge < -0.3 is 0 Å². The number of hydrogen-bond acceptors (Lipinski definition) is 4. The monoisotopic (exact) mass is 334 g/mol. The van der Waals surface area contributed by atoms with E-state index in [1.807, 2.05) is 0 Å². The Hall–Kier alpha value is -0.690. The zero-order valence-electron chi connectivity index (χ0n) is 12.1. The van der Waals surface area contributed by atoms with Gasteiger partial charge in [0.05, 0.1) is 10.8 Å². The lowest BCUT2D eigenvalue weighted by Gasteiger charge is -2.34. The molecule has 4 nitrogen and oxygen atoms in total. The number of nitrogens with zero attached hydrogens (tertiary/aromatic N) is 2. The first-order valence-corrected chi connectivity index (χ1v) is 9.34. The molecule has 0 radical (unpaired) electrons. The van der Waals surface area contributed by atoms with Crippen LogP contribution in [0.5, 0.6) is 0 Å². The maximum absolute atomic E-state index is 13.1. The molecular weight excluding hydrogens is 315 g/mol. The Kier molecular flexibility index (Phi) is 5.60. The Morgan fingerprint density at radius 2 is 1.81 bits per heavy atom. The van der Waals surface area contributed by atoms with Crippen molar-refractivity contribution in [2.45, 2.75) is 6.54 Å². The van der Waals surface area contributed by atoms with E-state index in [1.165, 1.54) is 12.3 Å². The van der Waals surface area contributed by atoms with Gasteiger partial charge in [0.2, 0.25) is 0 Å². The molecule has 0 bridgehead atoms. The number of piperazine rings is 1. The lowest BCUT2D eigenvalue weighted by atomic mass is 10.2. The van der Waals surface area contributed by atoms with E-state index in [9.17, 15) is 12.8 Å². The van der Waals surface area contributed by atoms with Gasteiger partial charge in [0.1, 0.15) is 15.7 Å². The van der Waals surface area contributed by atoms with Crippen molar-refractivity contribution in [3.63, 3.8) is 0 Å². The molecule has 21 heavy (non-hydrogen) atoms. The summed E-state index contributed by atoms with van der Waals surface area (Å²) < 4.78 is 35.4. The molecule has 1 aliphatic rings. The summed E-state index contributed by atoms with van der Waals surface area (Å²) in [6.07, 6.45) is 1.27. The smallest absolute Gasteiger partial charge is 0.148 e. The molecule has 1 aliphatic heterocycles. The van der Waals surface area contributed by atoms with Gasteiger partial charge in [0.15, 0.2) is 0 Å². The third-order valence-corrected chi connectivity index (χ3v) is 4.85. The Labute approximate surface area is 130 Å². The van der Waals surface area contributed by atoms with Crippen molar-refractivity contribution in [3.8, 4) is 0 Å². The average Bonchev–Trinajstić information content (AvgIpc) is 2.41. The normalized spacial score (nSPS) is 18.0. The van der Waals surface area contributed by atoms with Gasteiger partial charge >= 0.3 is 0 Å². The third kappa shape index (κ3) is 5.54. The van der Waals surface area contributed by atoms with Crippen molar-refractivity contribution in [1.29, 1.82) is 0 Å². The topological polar surface area (TPSA) is 40.6 Å². The molecule has 118 valence electrons. The Bertz CT molecular complexity index is 587. The molecule has 2 rings (SSSR count). The summed E-state index contributed by atoms with van der Waals surface area (Å²) in [6, 6.07) is 4.80. The predicted molar refractivity (Wildman–Crippen MR) is 82.8 cm³/mol. The van der Waals surface area contributed by atoms with Crippen LogP contribution in [0.1, 0.15) is 5.56 Å². The first kappa shape index (κ1) is 16.7. The van der Waals surface area contributed by atoms with E-state index in [1.54, 1.807) is 12.1 Å². The number of hydrogen-bond donors (Lipinski definition) is 0. The second-order valence-electron chi connectivity index (χ2n) is 5.50. The molecule has 1 aromatic carbocycles. The van der Waals surface area contributed by atoms with Crippen LogP contribution in [0.3, 0.4) is 0 Å². The molecule has 1 fully saturated rings. The Morgan fingerprint density at radius 1 is 1.19 bits per heavy atom. The van der Waals surface area contributed by atoms with E-state index in [0.29, 0.717) is 6.54 Å². The highest BCUT2D eigenvalue weighted by Gasteiger charge is 2.18. The summed E-state index contributed by atoms with van der Waals surface area (Å²) in [7, 11) is -2.90. The van der Waals surface area contributed by atoms with Crippen molar-refractivity contribution in [2.75, 3.05) is 44.7 Å². The minimum Gasteiger partial charge on any atom is -0.300 e. The summed E-state index contributed by atoms with van der Waals surface area (Å²) in [5, 5.41) is 0.152. The lowest BCUT2D eigenvalue weighted by Crippen LogP contribution is -2.47. The van der Waals surface area contributed by atoms with Gasteiger partial charge in [0.25, 0.3) is 0 Å². The second kappa shape index (κ2) is 7.05. The third-order valence-electron chi connectivity index (χ3n) is 3.63. The van der Waals surface area contributed by atoms with Crippen LogP contribution in [0.4, 0.5) is 4.39 Å². The van der Waals surface area contributed by atoms with Crippen LogP contribution < -0.4 is 0 Å². The van der Waals surface area contributed by atoms with Crippen LogP contribution >= 0.6 is 11.6 Å². The van der Waals surface area contributed by atoms with Crippen molar-refractivity contribution >= 4 is 21.4 Å². The fourth-order valence-electron chi connectivity index (χ4n) is 2.36. The van der Waals surface area contributed by atoms with E-state index in [0.717, 1.165) is 38.3 Å². The molecule has 1 heterocycles. The maximum Gasteiger partial charge on any atom is 0.148 e. The highest BCUT2D eigenvalue weighted by Crippen LogP contribution is 2.17. The molecule has 0 N–H and O–H groups in total. The fraction of sp³-hybridized carbons (Fsp3) is 0.571. The van der Waals surface area contributed by atoms with Crippen LogP contribution in [0.25, 0.3) is 0 Å². The molecule has 0 spiro atoms. The zero-order valence-corrected chi connectivity index (χ0v) is 13.6. The average molecular weight is 335 g/mol. The highest BCUT2D eigenvalue weighted by atomic mass is 35.5. The fourth-order valence-corrected chi connectivity index (χ4v) is 3.16. The second-order valence-corrected chi connectivity index (χ2v) is 8.16. The minimum absolute atomic E-state index is 0.152. The van der Waals surface area contributed by atoms with Gasteiger partial charge in [-0.15, -0.1) is 0 Å². The van der Waals surface area contributed by atoms with Crippen molar-refractivity contribution in [3.05, 3.63) is 34.6 Å². The molecule has 0 unspecified atom stereocenters. The van der Waals surface area contributed by atoms with Crippen molar-refractivity contribution in [2.24, 2.45) is 0 Å². The van der Waals surface area contributed by atoms with E-state index in [2.05, 4.69) is 9.80 Å². The van der Waals surface area contributed by atoms with Gasteiger partial charge in [-0.05, 0) is 17.7 Å². The van der Waals surface area contributed by atoms with Crippen LogP contribution in [0.15, 0.2) is 18.2 Å². The first-order valence-electron chi connectivity index (χ1n) is 6.90. The maximum atomic E-state index is 13.1. The number of benzene rings is 1. The number of sulfone groups is 1. The molecule has 0 saturated carbocycles. The van der Waals surface area contributed by atoms with E-state index in [4.69, 9.17) is 11.6 Å². The summed E-state index contributed by atoms with van der Waals surface area (Å²) in [6.45, 7) is 4.78. The summed E-state index contributed by atoms with van der Waals surface area (Å²) in [4.78, 5) is 4.43. The van der Waals surface area contributed by atoms with Crippen LogP contribution in [0, 0.1) is 5.82 Å². The van der Waals surface area contributed by atoms with Gasteiger partial charge in [-0.2, -0.15) is 0 Å². The van der Waals surface area contributed by atoms with Gasteiger partial charge in [-0.25, -0.2) is 12.8 Å². The van der Waals surface area contributed by atoms with E-state index >= 15 is 0 Å². The Morgan fingerprint density at radius 3 is 2.38 bits per heavy atom. The number of rotatable bonds is 5. The first-order chi connectivity index (χ1) is 9.83. The SMILES string of the molecule is CS(=O)(=O)CCN1CCN(Cc2ccc(F)c(Cl)c2)CC1. The quantitative estimate of drug-likeness (QED) is 0.821. The van der Waals surface area contributed by atoms with E-state index < -0.39 is 15.7 Å².